The average molecular weight is 587 g/mol. The van der Waals surface area contributed by atoms with Crippen LogP contribution in [0.25, 0.3) is 32.9 Å². The van der Waals surface area contributed by atoms with E-state index in [1.165, 1.54) is 6.42 Å². The first-order chi connectivity index (χ1) is 20.3. The Balaban J connectivity index is 1.24. The summed E-state index contributed by atoms with van der Waals surface area (Å²) in [6.45, 7) is 8.97. The van der Waals surface area contributed by atoms with Gasteiger partial charge in [0.25, 0.3) is 0 Å². The number of nitrogens with one attached hydrogen (secondary N) is 1. The van der Waals surface area contributed by atoms with Gasteiger partial charge in [-0.2, -0.15) is 9.97 Å². The maximum absolute atomic E-state index is 16.7. The molecule has 0 spiro atoms. The van der Waals surface area contributed by atoms with Crippen LogP contribution in [0.4, 0.5) is 10.2 Å². The molecule has 1 unspecified atom stereocenters. The van der Waals surface area contributed by atoms with E-state index in [1.807, 2.05) is 36.4 Å². The number of benzene rings is 2. The van der Waals surface area contributed by atoms with Gasteiger partial charge >= 0.3 is 6.01 Å². The average Bonchev–Trinajstić information content (AvgIpc) is 3.59. The summed E-state index contributed by atoms with van der Waals surface area (Å²) >= 11 is 6.62. The number of ether oxygens (including phenoxy) is 1. The van der Waals surface area contributed by atoms with Crippen molar-refractivity contribution in [3.8, 4) is 17.3 Å². The van der Waals surface area contributed by atoms with E-state index in [0.717, 1.165) is 62.6 Å². The molecule has 0 radical (unpaired) electrons. The van der Waals surface area contributed by atoms with Gasteiger partial charge in [0.05, 0.1) is 10.9 Å². The Bertz CT molecular complexity index is 1700. The Kier molecular flexibility index (Phi) is 6.15. The van der Waals surface area contributed by atoms with Crippen LogP contribution in [0.3, 0.4) is 0 Å². The van der Waals surface area contributed by atoms with Gasteiger partial charge in [-0.25, -0.2) is 4.39 Å². The van der Waals surface area contributed by atoms with Crippen LogP contribution in [0, 0.1) is 11.2 Å². The molecule has 9 heteroatoms. The quantitative estimate of drug-likeness (QED) is 0.298. The van der Waals surface area contributed by atoms with Crippen molar-refractivity contribution in [3.63, 3.8) is 0 Å². The van der Waals surface area contributed by atoms with Gasteiger partial charge in [-0.3, -0.25) is 9.88 Å². The monoisotopic (exact) mass is 586 g/mol. The fourth-order valence-corrected chi connectivity index (χ4v) is 8.58. The van der Waals surface area contributed by atoms with Crippen molar-refractivity contribution >= 4 is 39.1 Å². The van der Waals surface area contributed by atoms with E-state index in [9.17, 15) is 0 Å². The highest BCUT2D eigenvalue weighted by atomic mass is 35.5. The summed E-state index contributed by atoms with van der Waals surface area (Å²) in [5.74, 6) is 0.226. The van der Waals surface area contributed by atoms with E-state index in [4.69, 9.17) is 26.3 Å². The Morgan fingerprint density at radius 1 is 1.10 bits per heavy atom. The van der Waals surface area contributed by atoms with Crippen LogP contribution < -0.4 is 15.0 Å². The predicted molar refractivity (Wildman–Crippen MR) is 165 cm³/mol. The maximum atomic E-state index is 16.7. The number of anilines is 1. The highest BCUT2D eigenvalue weighted by Crippen LogP contribution is 2.47. The summed E-state index contributed by atoms with van der Waals surface area (Å²) in [5.41, 5.74) is 1.34. The lowest BCUT2D eigenvalue weighted by Gasteiger charge is -2.34. The van der Waals surface area contributed by atoms with Crippen molar-refractivity contribution in [2.45, 2.75) is 63.6 Å². The molecule has 0 saturated carbocycles. The molecule has 4 aliphatic rings. The van der Waals surface area contributed by atoms with Crippen LogP contribution in [0.1, 0.15) is 46.0 Å². The minimum atomic E-state index is -0.478. The SMILES string of the molecule is CC1(C)CN2CCCC2(COc2nc(N3C[C@H]4CC[C@@H](C3)N4)c3cnc(-c4cccc5cccc(Cl)c45)c(F)c3n2)C1. The van der Waals surface area contributed by atoms with Crippen LogP contribution in [-0.4, -0.2) is 70.3 Å². The first-order valence-electron chi connectivity index (χ1n) is 15.2. The lowest BCUT2D eigenvalue weighted by molar-refractivity contribution is 0.107. The van der Waals surface area contributed by atoms with E-state index >= 15 is 4.39 Å². The minimum Gasteiger partial charge on any atom is -0.461 e. The molecule has 0 amide bonds. The van der Waals surface area contributed by atoms with Gasteiger partial charge in [0.15, 0.2) is 5.82 Å². The summed E-state index contributed by atoms with van der Waals surface area (Å²) < 4.78 is 23.1. The predicted octanol–water partition coefficient (Wildman–Crippen LogP) is 6.22. The van der Waals surface area contributed by atoms with Crippen LogP contribution >= 0.6 is 11.6 Å². The van der Waals surface area contributed by atoms with Crippen molar-refractivity contribution in [2.75, 3.05) is 37.7 Å². The van der Waals surface area contributed by atoms with E-state index in [1.54, 1.807) is 6.20 Å². The molecule has 3 atom stereocenters. The molecule has 4 saturated heterocycles. The van der Waals surface area contributed by atoms with E-state index in [-0.39, 0.29) is 28.2 Å². The molecule has 6 heterocycles. The number of halogens is 2. The van der Waals surface area contributed by atoms with Crippen LogP contribution in [-0.2, 0) is 0 Å². The molecule has 0 aliphatic carbocycles. The van der Waals surface area contributed by atoms with Crippen molar-refractivity contribution in [1.29, 1.82) is 0 Å². The first kappa shape index (κ1) is 26.5. The van der Waals surface area contributed by atoms with Gasteiger partial charge < -0.3 is 15.0 Å². The van der Waals surface area contributed by atoms with Crippen molar-refractivity contribution in [3.05, 3.63) is 53.4 Å². The smallest absolute Gasteiger partial charge is 0.319 e. The van der Waals surface area contributed by atoms with Crippen LogP contribution in [0.2, 0.25) is 5.02 Å². The third-order valence-corrected chi connectivity index (χ3v) is 10.2. The third-order valence-electron chi connectivity index (χ3n) is 9.91. The summed E-state index contributed by atoms with van der Waals surface area (Å²) in [6, 6.07) is 12.5. The minimum absolute atomic E-state index is 0.0161. The standard InChI is InChI=1S/C33H36ClFN6O/c1-32(2)17-33(12-5-13-41(33)18-32)19-42-31-38-29-24(30(39-31)40-15-21-10-11-22(16-40)37-21)14-36-28(27(29)35)23-8-3-6-20-7-4-9-25(34)26(20)23/h3-4,6-9,14,21-22,37H,5,10-13,15-19H2,1-2H3/t21-,22+,33?. The van der Waals surface area contributed by atoms with Gasteiger partial charge in [-0.1, -0.05) is 55.8 Å². The highest BCUT2D eigenvalue weighted by molar-refractivity contribution is 6.36. The second-order valence-corrected chi connectivity index (χ2v) is 14.0. The molecule has 4 aliphatic heterocycles. The summed E-state index contributed by atoms with van der Waals surface area (Å²) in [4.78, 5) is 19.2. The number of hydrogen-bond acceptors (Lipinski definition) is 7. The fourth-order valence-electron chi connectivity index (χ4n) is 8.30. The largest absolute Gasteiger partial charge is 0.461 e. The molecular formula is C33H36ClFN6O. The third kappa shape index (κ3) is 4.33. The second kappa shape index (κ2) is 9.73. The molecule has 2 bridgehead atoms. The molecule has 2 aromatic heterocycles. The molecule has 8 rings (SSSR count). The Morgan fingerprint density at radius 3 is 2.69 bits per heavy atom. The number of pyridine rings is 1. The molecule has 2 aromatic carbocycles. The van der Waals surface area contributed by atoms with Gasteiger partial charge in [0, 0.05) is 53.9 Å². The lowest BCUT2D eigenvalue weighted by Crippen LogP contribution is -2.51. The summed E-state index contributed by atoms with van der Waals surface area (Å²) in [5, 5.41) is 6.57. The van der Waals surface area contributed by atoms with E-state index in [0.29, 0.717) is 40.5 Å². The summed E-state index contributed by atoms with van der Waals surface area (Å²) in [7, 11) is 0. The van der Waals surface area contributed by atoms with Crippen molar-refractivity contribution in [1.82, 2.24) is 25.2 Å². The van der Waals surface area contributed by atoms with Gasteiger partial charge in [-0.05, 0) is 55.5 Å². The zero-order valence-electron chi connectivity index (χ0n) is 24.2. The molecular weight excluding hydrogens is 551 g/mol. The molecule has 1 N–H and O–H groups in total. The zero-order chi connectivity index (χ0) is 28.6. The second-order valence-electron chi connectivity index (χ2n) is 13.6. The lowest BCUT2D eigenvalue weighted by atomic mass is 9.83. The topological polar surface area (TPSA) is 66.4 Å². The summed E-state index contributed by atoms with van der Waals surface area (Å²) in [6.07, 6.45) is 7.35. The van der Waals surface area contributed by atoms with E-state index in [2.05, 4.69) is 33.9 Å². The van der Waals surface area contributed by atoms with Crippen molar-refractivity contribution in [2.24, 2.45) is 5.41 Å². The molecule has 4 aromatic rings. The molecule has 4 fully saturated rings. The van der Waals surface area contributed by atoms with Gasteiger partial charge in [0.2, 0.25) is 0 Å². The Morgan fingerprint density at radius 2 is 1.88 bits per heavy atom. The number of fused-ring (bicyclic) bond motifs is 5. The Hall–Kier alpha value is -3.07. The molecule has 42 heavy (non-hydrogen) atoms. The van der Waals surface area contributed by atoms with E-state index < -0.39 is 5.82 Å². The fraction of sp³-hybridized carbons (Fsp3) is 0.485. The highest BCUT2D eigenvalue weighted by Gasteiger charge is 2.52. The van der Waals surface area contributed by atoms with Crippen LogP contribution in [0.15, 0.2) is 42.6 Å². The van der Waals surface area contributed by atoms with Crippen LogP contribution in [0.5, 0.6) is 6.01 Å². The first-order valence-corrected chi connectivity index (χ1v) is 15.6. The van der Waals surface area contributed by atoms with Gasteiger partial charge in [0.1, 0.15) is 23.6 Å². The van der Waals surface area contributed by atoms with Gasteiger partial charge in [-0.15, -0.1) is 0 Å². The maximum Gasteiger partial charge on any atom is 0.319 e. The zero-order valence-corrected chi connectivity index (χ0v) is 24.9. The number of aromatic nitrogens is 3. The molecule has 218 valence electrons. The number of hydrogen-bond donors (Lipinski definition) is 1. The number of nitrogens with zero attached hydrogens (tertiary/aromatic N) is 5. The molecule has 7 nitrogen and oxygen atoms in total. The Labute approximate surface area is 250 Å². The normalized spacial score (nSPS) is 26.8. The number of rotatable bonds is 5. The van der Waals surface area contributed by atoms with Crippen molar-refractivity contribution < 1.29 is 9.13 Å². The number of piperazine rings is 1.